The Morgan fingerprint density at radius 1 is 0.862 bits per heavy atom. The van der Waals surface area contributed by atoms with Gasteiger partial charge >= 0.3 is 0 Å². The van der Waals surface area contributed by atoms with Crippen LogP contribution >= 0.6 is 0 Å². The molecule has 0 atom stereocenters. The SMILES string of the molecule is CCCc1ccc([C@H]2CC[C@H](CCCC[C@H]3CC[C@H](C=CC#N)CC3)CC2)cc1. The zero-order valence-electron chi connectivity index (χ0n) is 18.6. The standard InChI is InChI=1S/C28H41N/c1-2-6-23-14-18-27(19-15-23)28-20-16-25(17-21-28)8-4-3-7-24-10-12-26(13-11-24)9-5-22-29/h5,9,14-15,18-19,24-26,28H,2-4,6-8,10-13,16-17,20-21H2,1H3/t24-,25-,26-,28-. The predicted molar refractivity (Wildman–Crippen MR) is 124 cm³/mol. The molecule has 1 nitrogen and oxygen atoms in total. The second-order valence-corrected chi connectivity index (χ2v) is 9.76. The highest BCUT2D eigenvalue weighted by Gasteiger charge is 2.23. The van der Waals surface area contributed by atoms with E-state index in [9.17, 15) is 0 Å². The van der Waals surface area contributed by atoms with Crippen LogP contribution < -0.4 is 0 Å². The molecule has 0 unspecified atom stereocenters. The number of aryl methyl sites for hydroxylation is 1. The van der Waals surface area contributed by atoms with E-state index in [2.05, 4.69) is 43.3 Å². The highest BCUT2D eigenvalue weighted by Crippen LogP contribution is 2.38. The van der Waals surface area contributed by atoms with Crippen molar-refractivity contribution in [1.82, 2.24) is 0 Å². The third-order valence-electron chi connectivity index (χ3n) is 7.65. The van der Waals surface area contributed by atoms with Gasteiger partial charge in [0, 0.05) is 6.08 Å². The Hall–Kier alpha value is -1.55. The second kappa shape index (κ2) is 12.2. The molecule has 0 saturated heterocycles. The Balaban J connectivity index is 1.27. The van der Waals surface area contributed by atoms with Gasteiger partial charge in [0.25, 0.3) is 0 Å². The first-order valence-corrected chi connectivity index (χ1v) is 12.4. The van der Waals surface area contributed by atoms with Gasteiger partial charge in [0.15, 0.2) is 0 Å². The summed E-state index contributed by atoms with van der Waals surface area (Å²) in [6.45, 7) is 2.26. The summed E-state index contributed by atoms with van der Waals surface area (Å²) in [4.78, 5) is 0. The zero-order valence-corrected chi connectivity index (χ0v) is 18.6. The number of benzene rings is 1. The van der Waals surface area contributed by atoms with Crippen molar-refractivity contribution >= 4 is 0 Å². The number of unbranched alkanes of at least 4 members (excludes halogenated alkanes) is 1. The molecule has 1 aromatic carbocycles. The minimum atomic E-state index is 0.670. The van der Waals surface area contributed by atoms with E-state index in [1.165, 1.54) is 95.5 Å². The van der Waals surface area contributed by atoms with Crippen LogP contribution in [-0.2, 0) is 6.42 Å². The summed E-state index contributed by atoms with van der Waals surface area (Å²) in [6, 6.07) is 11.7. The molecule has 1 heteroatoms. The van der Waals surface area contributed by atoms with Crippen molar-refractivity contribution in [2.45, 2.75) is 103 Å². The molecule has 158 valence electrons. The highest BCUT2D eigenvalue weighted by atomic mass is 14.3. The van der Waals surface area contributed by atoms with Crippen LogP contribution in [0.15, 0.2) is 36.4 Å². The van der Waals surface area contributed by atoms with Crippen LogP contribution in [0.4, 0.5) is 0 Å². The average Bonchev–Trinajstić information content (AvgIpc) is 2.77. The zero-order chi connectivity index (χ0) is 20.3. The lowest BCUT2D eigenvalue weighted by atomic mass is 9.76. The van der Waals surface area contributed by atoms with E-state index in [1.807, 2.05) is 0 Å². The highest BCUT2D eigenvalue weighted by molar-refractivity contribution is 5.25. The van der Waals surface area contributed by atoms with Crippen LogP contribution in [0.1, 0.15) is 107 Å². The molecule has 2 saturated carbocycles. The fourth-order valence-corrected chi connectivity index (χ4v) is 5.74. The first-order valence-electron chi connectivity index (χ1n) is 12.4. The molecule has 2 fully saturated rings. The number of nitriles is 1. The molecule has 3 rings (SSSR count). The molecule has 0 aromatic heterocycles. The Morgan fingerprint density at radius 3 is 2.00 bits per heavy atom. The van der Waals surface area contributed by atoms with Crippen LogP contribution in [-0.4, -0.2) is 0 Å². The maximum Gasteiger partial charge on any atom is 0.0908 e. The quantitative estimate of drug-likeness (QED) is 0.306. The van der Waals surface area contributed by atoms with Crippen molar-refractivity contribution in [3.8, 4) is 6.07 Å². The van der Waals surface area contributed by atoms with Gasteiger partial charge in [-0.2, -0.15) is 5.26 Å². The molecule has 0 heterocycles. The minimum absolute atomic E-state index is 0.670. The number of allylic oxidation sites excluding steroid dienone is 2. The number of hydrogen-bond donors (Lipinski definition) is 0. The molecule has 0 radical (unpaired) electrons. The maximum absolute atomic E-state index is 8.66. The van der Waals surface area contributed by atoms with Gasteiger partial charge in [-0.1, -0.05) is 69.4 Å². The number of hydrogen-bond acceptors (Lipinski definition) is 1. The van der Waals surface area contributed by atoms with Gasteiger partial charge in [-0.25, -0.2) is 0 Å². The van der Waals surface area contributed by atoms with Gasteiger partial charge in [0.2, 0.25) is 0 Å². The Bertz CT molecular complexity index is 634. The Kier molecular flexibility index (Phi) is 9.33. The van der Waals surface area contributed by atoms with E-state index in [0.717, 1.165) is 17.8 Å². The molecular weight excluding hydrogens is 350 g/mol. The van der Waals surface area contributed by atoms with Crippen molar-refractivity contribution in [1.29, 1.82) is 5.26 Å². The molecule has 0 amide bonds. The molecule has 0 aliphatic heterocycles. The molecule has 1 aromatic rings. The summed E-state index contributed by atoms with van der Waals surface area (Å²) >= 11 is 0. The molecule has 0 spiro atoms. The molecular formula is C28H41N. The van der Waals surface area contributed by atoms with Crippen molar-refractivity contribution in [3.63, 3.8) is 0 Å². The fourth-order valence-electron chi connectivity index (χ4n) is 5.74. The fraction of sp³-hybridized carbons (Fsp3) is 0.679. The topological polar surface area (TPSA) is 23.8 Å². The number of nitrogens with zero attached hydrogens (tertiary/aromatic N) is 1. The van der Waals surface area contributed by atoms with Crippen LogP contribution in [0.3, 0.4) is 0 Å². The van der Waals surface area contributed by atoms with Gasteiger partial charge in [-0.15, -0.1) is 0 Å². The summed E-state index contributed by atoms with van der Waals surface area (Å²) in [6.07, 6.45) is 23.1. The third kappa shape index (κ3) is 7.33. The lowest BCUT2D eigenvalue weighted by molar-refractivity contribution is 0.273. The lowest BCUT2D eigenvalue weighted by Crippen LogP contribution is -2.14. The van der Waals surface area contributed by atoms with Crippen LogP contribution in [0.25, 0.3) is 0 Å². The number of rotatable bonds is 9. The van der Waals surface area contributed by atoms with E-state index in [0.29, 0.717) is 5.92 Å². The minimum Gasteiger partial charge on any atom is -0.193 e. The summed E-state index contributed by atoms with van der Waals surface area (Å²) in [5.74, 6) is 3.42. The summed E-state index contributed by atoms with van der Waals surface area (Å²) in [5, 5.41) is 8.66. The third-order valence-corrected chi connectivity index (χ3v) is 7.65. The van der Waals surface area contributed by atoms with E-state index in [1.54, 1.807) is 11.6 Å². The Morgan fingerprint density at radius 2 is 1.45 bits per heavy atom. The van der Waals surface area contributed by atoms with Crippen LogP contribution in [0.5, 0.6) is 0 Å². The second-order valence-electron chi connectivity index (χ2n) is 9.76. The summed E-state index contributed by atoms with van der Waals surface area (Å²) in [5.41, 5.74) is 3.08. The normalized spacial score (nSPS) is 27.7. The molecule has 2 aliphatic carbocycles. The predicted octanol–water partition coefficient (Wildman–Crippen LogP) is 8.36. The summed E-state index contributed by atoms with van der Waals surface area (Å²) < 4.78 is 0. The first-order chi connectivity index (χ1) is 14.3. The van der Waals surface area contributed by atoms with Gasteiger partial charge in [-0.3, -0.25) is 0 Å². The van der Waals surface area contributed by atoms with Crippen molar-refractivity contribution in [3.05, 3.63) is 47.5 Å². The molecule has 29 heavy (non-hydrogen) atoms. The van der Waals surface area contributed by atoms with Gasteiger partial charge in [-0.05, 0) is 92.6 Å². The van der Waals surface area contributed by atoms with Gasteiger partial charge < -0.3 is 0 Å². The smallest absolute Gasteiger partial charge is 0.0908 e. The van der Waals surface area contributed by atoms with Gasteiger partial charge in [0.05, 0.1) is 6.07 Å². The Labute approximate surface area is 179 Å². The van der Waals surface area contributed by atoms with E-state index in [-0.39, 0.29) is 0 Å². The molecule has 2 aliphatic rings. The molecule has 0 N–H and O–H groups in total. The van der Waals surface area contributed by atoms with Crippen molar-refractivity contribution < 1.29 is 0 Å². The monoisotopic (exact) mass is 391 g/mol. The average molecular weight is 392 g/mol. The largest absolute Gasteiger partial charge is 0.193 e. The molecule has 0 bridgehead atoms. The summed E-state index contributed by atoms with van der Waals surface area (Å²) in [7, 11) is 0. The van der Waals surface area contributed by atoms with E-state index in [4.69, 9.17) is 5.26 Å². The first kappa shape index (κ1) is 22.1. The van der Waals surface area contributed by atoms with Gasteiger partial charge in [0.1, 0.15) is 0 Å². The van der Waals surface area contributed by atoms with Crippen LogP contribution in [0.2, 0.25) is 0 Å². The van der Waals surface area contributed by atoms with Crippen molar-refractivity contribution in [2.75, 3.05) is 0 Å². The van der Waals surface area contributed by atoms with E-state index >= 15 is 0 Å². The lowest BCUT2D eigenvalue weighted by Gasteiger charge is -2.29. The maximum atomic E-state index is 8.66. The van der Waals surface area contributed by atoms with E-state index < -0.39 is 0 Å². The van der Waals surface area contributed by atoms with Crippen LogP contribution in [0, 0.1) is 29.1 Å². The van der Waals surface area contributed by atoms with Crippen molar-refractivity contribution in [2.24, 2.45) is 17.8 Å².